The molecule has 2 N–H and O–H groups in total. The molecule has 1 aliphatic rings. The van der Waals surface area contributed by atoms with Gasteiger partial charge in [-0.05, 0) is 43.4 Å². The van der Waals surface area contributed by atoms with E-state index in [1.807, 2.05) is 19.9 Å². The van der Waals surface area contributed by atoms with Crippen LogP contribution in [0, 0.1) is 19.8 Å². The maximum absolute atomic E-state index is 11.6. The Morgan fingerprint density at radius 2 is 2.05 bits per heavy atom. The van der Waals surface area contributed by atoms with Gasteiger partial charge >= 0.3 is 0 Å². The first-order valence-corrected chi connectivity index (χ1v) is 8.27. The van der Waals surface area contributed by atoms with Gasteiger partial charge in [-0.2, -0.15) is 0 Å². The van der Waals surface area contributed by atoms with Crippen molar-refractivity contribution in [3.63, 3.8) is 0 Å². The summed E-state index contributed by atoms with van der Waals surface area (Å²) >= 11 is 0. The van der Waals surface area contributed by atoms with Crippen LogP contribution in [0.2, 0.25) is 0 Å². The molecule has 0 bridgehead atoms. The number of sulfone groups is 1. The molecule has 0 spiro atoms. The van der Waals surface area contributed by atoms with Crippen molar-refractivity contribution in [3.8, 4) is 5.75 Å². The van der Waals surface area contributed by atoms with Crippen LogP contribution in [0.15, 0.2) is 12.1 Å². The Morgan fingerprint density at radius 3 is 2.58 bits per heavy atom. The fourth-order valence-electron chi connectivity index (χ4n) is 2.88. The molecule has 1 saturated heterocycles. The molecule has 2 unspecified atom stereocenters. The molecule has 0 aromatic heterocycles. The van der Waals surface area contributed by atoms with Crippen LogP contribution in [-0.4, -0.2) is 27.0 Å². The zero-order valence-corrected chi connectivity index (χ0v) is 12.5. The number of rotatable bonds is 3. The number of benzene rings is 1. The highest BCUT2D eigenvalue weighted by Gasteiger charge is 2.34. The number of methoxy groups -OCH3 is 1. The molecular formula is C14H21NO3S. The van der Waals surface area contributed by atoms with Crippen molar-refractivity contribution in [1.82, 2.24) is 0 Å². The van der Waals surface area contributed by atoms with Gasteiger partial charge in [-0.15, -0.1) is 0 Å². The summed E-state index contributed by atoms with van der Waals surface area (Å²) in [5, 5.41) is 0. The smallest absolute Gasteiger partial charge is 0.150 e. The quantitative estimate of drug-likeness (QED) is 0.917. The Morgan fingerprint density at radius 1 is 1.37 bits per heavy atom. The van der Waals surface area contributed by atoms with E-state index in [1.165, 1.54) is 0 Å². The van der Waals surface area contributed by atoms with Gasteiger partial charge in [0.15, 0.2) is 9.84 Å². The summed E-state index contributed by atoms with van der Waals surface area (Å²) in [6, 6.07) is 3.72. The third-order valence-corrected chi connectivity index (χ3v) is 5.62. The average molecular weight is 283 g/mol. The summed E-state index contributed by atoms with van der Waals surface area (Å²) < 4.78 is 28.6. The maximum Gasteiger partial charge on any atom is 0.150 e. The predicted octanol–water partition coefficient (Wildman–Crippen LogP) is 1.75. The van der Waals surface area contributed by atoms with Crippen LogP contribution in [0.5, 0.6) is 5.75 Å². The zero-order valence-electron chi connectivity index (χ0n) is 11.6. The Hall–Kier alpha value is -1.07. The highest BCUT2D eigenvalue weighted by atomic mass is 32.2. The minimum absolute atomic E-state index is 0.0136. The summed E-state index contributed by atoms with van der Waals surface area (Å²) in [6.07, 6.45) is 0.639. The van der Waals surface area contributed by atoms with Crippen molar-refractivity contribution in [2.45, 2.75) is 26.3 Å². The summed E-state index contributed by atoms with van der Waals surface area (Å²) in [5.74, 6) is 1.18. The summed E-state index contributed by atoms with van der Waals surface area (Å²) in [4.78, 5) is 0. The Bertz CT molecular complexity index is 581. The van der Waals surface area contributed by atoms with E-state index in [0.717, 1.165) is 22.4 Å². The van der Waals surface area contributed by atoms with Gasteiger partial charge in [0.25, 0.3) is 0 Å². The van der Waals surface area contributed by atoms with E-state index < -0.39 is 9.84 Å². The molecule has 4 nitrogen and oxygen atoms in total. The van der Waals surface area contributed by atoms with Crippen LogP contribution in [0.3, 0.4) is 0 Å². The van der Waals surface area contributed by atoms with Crippen molar-refractivity contribution < 1.29 is 13.2 Å². The summed E-state index contributed by atoms with van der Waals surface area (Å²) in [5.41, 5.74) is 9.42. The van der Waals surface area contributed by atoms with Crippen molar-refractivity contribution in [3.05, 3.63) is 28.8 Å². The van der Waals surface area contributed by atoms with E-state index in [9.17, 15) is 8.42 Å². The lowest BCUT2D eigenvalue weighted by Crippen LogP contribution is -2.24. The predicted molar refractivity (Wildman–Crippen MR) is 76.2 cm³/mol. The fourth-order valence-corrected chi connectivity index (χ4v) is 4.73. The van der Waals surface area contributed by atoms with Crippen molar-refractivity contribution in [2.24, 2.45) is 11.7 Å². The lowest BCUT2D eigenvalue weighted by molar-refractivity contribution is 0.391. The van der Waals surface area contributed by atoms with Crippen molar-refractivity contribution in [2.75, 3.05) is 18.6 Å². The molecule has 0 amide bonds. The molecule has 1 aliphatic heterocycles. The second-order valence-electron chi connectivity index (χ2n) is 5.39. The summed E-state index contributed by atoms with van der Waals surface area (Å²) in [6.45, 7) is 4.00. The van der Waals surface area contributed by atoms with Crippen molar-refractivity contribution in [1.29, 1.82) is 0 Å². The van der Waals surface area contributed by atoms with Gasteiger partial charge in [-0.3, -0.25) is 0 Å². The molecule has 0 radical (unpaired) electrons. The first-order valence-electron chi connectivity index (χ1n) is 6.45. The number of nitrogens with two attached hydrogens (primary N) is 1. The third kappa shape index (κ3) is 2.92. The number of hydrogen-bond acceptors (Lipinski definition) is 4. The van der Waals surface area contributed by atoms with Crippen LogP contribution >= 0.6 is 0 Å². The van der Waals surface area contributed by atoms with Crippen LogP contribution in [-0.2, 0) is 9.84 Å². The molecular weight excluding hydrogens is 262 g/mol. The van der Waals surface area contributed by atoms with E-state index >= 15 is 0 Å². The highest BCUT2D eigenvalue weighted by Crippen LogP contribution is 2.36. The number of ether oxygens (including phenoxy) is 1. The van der Waals surface area contributed by atoms with Gasteiger partial charge in [-0.1, -0.05) is 6.07 Å². The third-order valence-electron chi connectivity index (χ3n) is 3.82. The Labute approximate surface area is 114 Å². The van der Waals surface area contributed by atoms with Gasteiger partial charge in [0.05, 0.1) is 18.6 Å². The van der Waals surface area contributed by atoms with Gasteiger partial charge < -0.3 is 10.5 Å². The lowest BCUT2D eigenvalue weighted by atomic mass is 9.89. The second kappa shape index (κ2) is 5.13. The van der Waals surface area contributed by atoms with Gasteiger partial charge in [0.2, 0.25) is 0 Å². The highest BCUT2D eigenvalue weighted by molar-refractivity contribution is 7.91. The normalized spacial score (nSPS) is 23.3. The summed E-state index contributed by atoms with van der Waals surface area (Å²) in [7, 11) is -1.29. The topological polar surface area (TPSA) is 69.4 Å². The average Bonchev–Trinajstić information content (AvgIpc) is 2.68. The standard InChI is InChI=1S/C14H21NO3S/c1-9-6-10(2)13(12(7-9)18-3)14(15)11-4-5-19(16,17)8-11/h6-7,11,14H,4-5,8,15H2,1-3H3. The molecule has 0 aliphatic carbocycles. The van der Waals surface area contributed by atoms with E-state index in [4.69, 9.17) is 10.5 Å². The Kier molecular flexibility index (Phi) is 3.87. The van der Waals surface area contributed by atoms with Crippen LogP contribution in [0.4, 0.5) is 0 Å². The zero-order chi connectivity index (χ0) is 14.2. The molecule has 1 fully saturated rings. The minimum atomic E-state index is -2.91. The van der Waals surface area contributed by atoms with Crippen LogP contribution < -0.4 is 10.5 Å². The van der Waals surface area contributed by atoms with Crippen LogP contribution in [0.25, 0.3) is 0 Å². The van der Waals surface area contributed by atoms with Crippen molar-refractivity contribution >= 4 is 9.84 Å². The first kappa shape index (κ1) is 14.3. The SMILES string of the molecule is COc1cc(C)cc(C)c1C(N)C1CCS(=O)(=O)C1. The monoisotopic (exact) mass is 283 g/mol. The molecule has 1 aromatic rings. The van der Waals surface area contributed by atoms with E-state index in [1.54, 1.807) is 7.11 Å². The van der Waals surface area contributed by atoms with Gasteiger partial charge in [-0.25, -0.2) is 8.42 Å². The Balaban J connectivity index is 2.36. The lowest BCUT2D eigenvalue weighted by Gasteiger charge is -2.23. The molecule has 5 heteroatoms. The largest absolute Gasteiger partial charge is 0.496 e. The number of hydrogen-bond donors (Lipinski definition) is 1. The van der Waals surface area contributed by atoms with Crippen LogP contribution in [0.1, 0.15) is 29.2 Å². The van der Waals surface area contributed by atoms with Gasteiger partial charge in [0, 0.05) is 11.6 Å². The van der Waals surface area contributed by atoms with E-state index in [2.05, 4.69) is 6.07 Å². The molecule has 1 heterocycles. The molecule has 19 heavy (non-hydrogen) atoms. The molecule has 2 atom stereocenters. The van der Waals surface area contributed by atoms with E-state index in [-0.39, 0.29) is 23.5 Å². The minimum Gasteiger partial charge on any atom is -0.496 e. The van der Waals surface area contributed by atoms with E-state index in [0.29, 0.717) is 6.42 Å². The maximum atomic E-state index is 11.6. The second-order valence-corrected chi connectivity index (χ2v) is 7.62. The molecule has 0 saturated carbocycles. The number of aryl methyl sites for hydroxylation is 2. The first-order chi connectivity index (χ1) is 8.84. The van der Waals surface area contributed by atoms with Gasteiger partial charge in [0.1, 0.15) is 5.75 Å². The molecule has 1 aromatic carbocycles. The fraction of sp³-hybridized carbons (Fsp3) is 0.571. The molecule has 106 valence electrons. The molecule has 2 rings (SSSR count).